The molecule has 0 aliphatic rings. The summed E-state index contributed by atoms with van der Waals surface area (Å²) in [6.07, 6.45) is 0.716. The van der Waals surface area contributed by atoms with Crippen LogP contribution in [0.5, 0.6) is 5.75 Å². The molecule has 2 N–H and O–H groups in total. The first kappa shape index (κ1) is 25.8. The van der Waals surface area contributed by atoms with E-state index >= 15 is 0 Å². The van der Waals surface area contributed by atoms with Crippen molar-refractivity contribution in [3.05, 3.63) is 95.2 Å². The van der Waals surface area contributed by atoms with Gasteiger partial charge in [0.1, 0.15) is 23.7 Å². The van der Waals surface area contributed by atoms with E-state index < -0.39 is 5.97 Å². The number of aryl methyl sites for hydroxylation is 1. The number of rotatable bonds is 11. The number of amides is 1. The molecule has 0 aliphatic carbocycles. The molecular formula is C30H32N2O5. The van der Waals surface area contributed by atoms with Crippen LogP contribution in [0.2, 0.25) is 0 Å². The minimum Gasteiger partial charge on any atom is -0.489 e. The summed E-state index contributed by atoms with van der Waals surface area (Å²) < 4.78 is 12.3. The fourth-order valence-corrected chi connectivity index (χ4v) is 4.23. The lowest BCUT2D eigenvalue weighted by molar-refractivity contribution is -0.137. The Kier molecular flexibility index (Phi) is 8.13. The number of nitrogens with zero attached hydrogens (tertiary/aromatic N) is 1. The van der Waals surface area contributed by atoms with Gasteiger partial charge in [-0.3, -0.25) is 9.59 Å². The molecule has 7 nitrogen and oxygen atoms in total. The highest BCUT2D eigenvalue weighted by Crippen LogP contribution is 2.35. The zero-order valence-electron chi connectivity index (χ0n) is 21.4. The van der Waals surface area contributed by atoms with E-state index in [9.17, 15) is 9.59 Å². The minimum atomic E-state index is -0.929. The molecule has 1 heterocycles. The number of hydrogen-bond acceptors (Lipinski definition) is 5. The standard InChI is InChI=1S/C30H32N2O5/c1-4-26(31-23-12-10-22(11-13-23)30(35)32(3)17-16-28(33)34)29-20(2)25-18-24(14-15-27(25)37-29)36-19-21-8-6-5-7-9-21/h5-15,18,26,31H,4,16-17,19H2,1-3H3,(H,33,34). The van der Waals surface area contributed by atoms with Gasteiger partial charge in [0.25, 0.3) is 5.91 Å². The summed E-state index contributed by atoms with van der Waals surface area (Å²) in [5.41, 5.74) is 4.36. The highest BCUT2D eigenvalue weighted by molar-refractivity contribution is 5.94. The third-order valence-electron chi connectivity index (χ3n) is 6.40. The summed E-state index contributed by atoms with van der Waals surface area (Å²) in [6.45, 7) is 4.81. The number of anilines is 1. The maximum atomic E-state index is 12.6. The number of ether oxygens (including phenoxy) is 1. The molecule has 1 atom stereocenters. The molecule has 4 aromatic rings. The average molecular weight is 501 g/mol. The lowest BCUT2D eigenvalue weighted by Gasteiger charge is -2.19. The van der Waals surface area contributed by atoms with E-state index in [-0.39, 0.29) is 24.9 Å². The number of carbonyl (C=O) groups is 2. The summed E-state index contributed by atoms with van der Waals surface area (Å²) in [5.74, 6) is 0.521. The Hall–Kier alpha value is -4.26. The van der Waals surface area contributed by atoms with Crippen LogP contribution in [0.4, 0.5) is 5.69 Å². The molecule has 0 bridgehead atoms. The molecule has 0 radical (unpaired) electrons. The van der Waals surface area contributed by atoms with Crippen LogP contribution < -0.4 is 10.1 Å². The second-order valence-corrected chi connectivity index (χ2v) is 9.08. The largest absolute Gasteiger partial charge is 0.489 e. The quantitative estimate of drug-likeness (QED) is 0.247. The van der Waals surface area contributed by atoms with E-state index in [1.54, 1.807) is 19.2 Å². The van der Waals surface area contributed by atoms with Crippen LogP contribution in [0.15, 0.2) is 77.2 Å². The third-order valence-corrected chi connectivity index (χ3v) is 6.40. The molecule has 0 aliphatic heterocycles. The normalized spacial score (nSPS) is 11.8. The van der Waals surface area contributed by atoms with Crippen molar-refractivity contribution in [2.45, 2.75) is 39.3 Å². The second-order valence-electron chi connectivity index (χ2n) is 9.08. The Bertz CT molecular complexity index is 1360. The molecule has 192 valence electrons. The fourth-order valence-electron chi connectivity index (χ4n) is 4.23. The van der Waals surface area contributed by atoms with E-state index in [0.717, 1.165) is 45.7 Å². The summed E-state index contributed by atoms with van der Waals surface area (Å²) in [4.78, 5) is 24.7. The smallest absolute Gasteiger partial charge is 0.305 e. The van der Waals surface area contributed by atoms with Crippen molar-refractivity contribution in [3.63, 3.8) is 0 Å². The van der Waals surface area contributed by atoms with Gasteiger partial charge in [0.05, 0.1) is 12.5 Å². The van der Waals surface area contributed by atoms with Crippen LogP contribution in [0, 0.1) is 6.92 Å². The van der Waals surface area contributed by atoms with Crippen molar-refractivity contribution in [2.24, 2.45) is 0 Å². The summed E-state index contributed by atoms with van der Waals surface area (Å²) in [7, 11) is 1.60. The SMILES string of the molecule is CCC(Nc1ccc(C(=O)N(C)CCC(=O)O)cc1)c1oc2ccc(OCc3ccccc3)cc2c1C. The summed E-state index contributed by atoms with van der Waals surface area (Å²) in [6, 6.07) is 23.1. The van der Waals surface area contributed by atoms with Crippen LogP contribution >= 0.6 is 0 Å². The fraction of sp³-hybridized carbons (Fsp3) is 0.267. The Labute approximate surface area is 216 Å². The molecule has 0 fully saturated rings. The van der Waals surface area contributed by atoms with Gasteiger partial charge in [-0.25, -0.2) is 0 Å². The van der Waals surface area contributed by atoms with Crippen molar-refractivity contribution >= 4 is 28.5 Å². The van der Waals surface area contributed by atoms with Crippen molar-refractivity contribution in [1.82, 2.24) is 4.90 Å². The zero-order chi connectivity index (χ0) is 26.4. The van der Waals surface area contributed by atoms with Gasteiger partial charge in [0, 0.05) is 35.8 Å². The van der Waals surface area contributed by atoms with Gasteiger partial charge >= 0.3 is 5.97 Å². The predicted octanol–water partition coefficient (Wildman–Crippen LogP) is 6.43. The Morgan fingerprint density at radius 2 is 1.78 bits per heavy atom. The highest BCUT2D eigenvalue weighted by atomic mass is 16.5. The van der Waals surface area contributed by atoms with Gasteiger partial charge in [0.15, 0.2) is 0 Å². The maximum Gasteiger partial charge on any atom is 0.305 e. The molecule has 4 rings (SSSR count). The number of hydrogen-bond donors (Lipinski definition) is 2. The number of carboxylic acids is 1. The van der Waals surface area contributed by atoms with Crippen molar-refractivity contribution in [3.8, 4) is 5.75 Å². The van der Waals surface area contributed by atoms with Gasteiger partial charge in [0.2, 0.25) is 0 Å². The van der Waals surface area contributed by atoms with Gasteiger partial charge < -0.3 is 24.5 Å². The number of furan rings is 1. The molecule has 7 heteroatoms. The zero-order valence-corrected chi connectivity index (χ0v) is 21.4. The predicted molar refractivity (Wildman–Crippen MR) is 144 cm³/mol. The van der Waals surface area contributed by atoms with Crippen LogP contribution in [0.3, 0.4) is 0 Å². The first-order valence-corrected chi connectivity index (χ1v) is 12.4. The Morgan fingerprint density at radius 1 is 1.05 bits per heavy atom. The maximum absolute atomic E-state index is 12.6. The van der Waals surface area contributed by atoms with Crippen LogP contribution in [0.1, 0.15) is 53.1 Å². The number of fused-ring (bicyclic) bond motifs is 1. The summed E-state index contributed by atoms with van der Waals surface area (Å²) in [5, 5.41) is 13.4. The number of aliphatic carboxylic acids is 1. The monoisotopic (exact) mass is 500 g/mol. The van der Waals surface area contributed by atoms with Gasteiger partial charge in [-0.15, -0.1) is 0 Å². The molecule has 3 aromatic carbocycles. The van der Waals surface area contributed by atoms with E-state index in [1.807, 2.05) is 60.7 Å². The second kappa shape index (κ2) is 11.6. The molecular weight excluding hydrogens is 468 g/mol. The molecule has 1 amide bonds. The molecule has 1 unspecified atom stereocenters. The highest BCUT2D eigenvalue weighted by Gasteiger charge is 2.20. The Balaban J connectivity index is 1.45. The van der Waals surface area contributed by atoms with Crippen molar-refractivity contribution < 1.29 is 23.8 Å². The lowest BCUT2D eigenvalue weighted by Crippen LogP contribution is -2.29. The number of carboxylic acid groups (broad SMARTS) is 1. The Morgan fingerprint density at radius 3 is 2.46 bits per heavy atom. The van der Waals surface area contributed by atoms with Gasteiger partial charge in [-0.05, 0) is 61.4 Å². The topological polar surface area (TPSA) is 92.0 Å². The first-order chi connectivity index (χ1) is 17.9. The first-order valence-electron chi connectivity index (χ1n) is 12.4. The molecule has 0 saturated heterocycles. The number of nitrogens with one attached hydrogen (secondary N) is 1. The van der Waals surface area contributed by atoms with Crippen LogP contribution in [-0.4, -0.2) is 35.5 Å². The number of benzene rings is 3. The van der Waals surface area contributed by atoms with E-state index in [1.165, 1.54) is 4.90 Å². The molecule has 37 heavy (non-hydrogen) atoms. The third kappa shape index (κ3) is 6.30. The molecule has 1 aromatic heterocycles. The lowest BCUT2D eigenvalue weighted by atomic mass is 10.0. The molecule has 0 saturated carbocycles. The molecule has 0 spiro atoms. The van der Waals surface area contributed by atoms with E-state index in [4.69, 9.17) is 14.3 Å². The van der Waals surface area contributed by atoms with Crippen molar-refractivity contribution in [2.75, 3.05) is 18.9 Å². The minimum absolute atomic E-state index is 0.0547. The van der Waals surface area contributed by atoms with E-state index in [0.29, 0.717) is 12.2 Å². The van der Waals surface area contributed by atoms with Crippen molar-refractivity contribution in [1.29, 1.82) is 0 Å². The van der Waals surface area contributed by atoms with E-state index in [2.05, 4.69) is 19.2 Å². The van der Waals surface area contributed by atoms with Gasteiger partial charge in [-0.1, -0.05) is 37.3 Å². The van der Waals surface area contributed by atoms with Crippen LogP contribution in [0.25, 0.3) is 11.0 Å². The van der Waals surface area contributed by atoms with Crippen LogP contribution in [-0.2, 0) is 11.4 Å². The number of carbonyl (C=O) groups excluding carboxylic acids is 1. The summed E-state index contributed by atoms with van der Waals surface area (Å²) >= 11 is 0. The van der Waals surface area contributed by atoms with Gasteiger partial charge in [-0.2, -0.15) is 0 Å². The average Bonchev–Trinajstić information content (AvgIpc) is 3.25.